The van der Waals surface area contributed by atoms with E-state index in [-0.39, 0.29) is 11.8 Å². The number of carboxylic acids is 1. The van der Waals surface area contributed by atoms with E-state index in [1.807, 2.05) is 6.92 Å². The van der Waals surface area contributed by atoms with Crippen LogP contribution in [0.3, 0.4) is 0 Å². The Morgan fingerprint density at radius 1 is 1.35 bits per heavy atom. The van der Waals surface area contributed by atoms with Crippen LogP contribution >= 0.6 is 0 Å². The molecular weight excluding hydrogens is 218 g/mol. The van der Waals surface area contributed by atoms with Gasteiger partial charge in [0.15, 0.2) is 0 Å². The second kappa shape index (κ2) is 6.03. The van der Waals surface area contributed by atoms with Gasteiger partial charge in [0.25, 0.3) is 0 Å². The molecule has 0 aromatic carbocycles. The van der Waals surface area contributed by atoms with Crippen LogP contribution < -0.4 is 0 Å². The normalized spacial score (nSPS) is 21.9. The van der Waals surface area contributed by atoms with Crippen LogP contribution in [-0.4, -0.2) is 34.5 Å². The first-order valence-electron chi connectivity index (χ1n) is 6.56. The van der Waals surface area contributed by atoms with Gasteiger partial charge >= 0.3 is 5.97 Å². The van der Waals surface area contributed by atoms with Crippen LogP contribution in [0.2, 0.25) is 0 Å². The molecule has 1 amide bonds. The van der Waals surface area contributed by atoms with E-state index in [9.17, 15) is 9.59 Å². The van der Waals surface area contributed by atoms with Crippen LogP contribution in [0.25, 0.3) is 0 Å². The summed E-state index contributed by atoms with van der Waals surface area (Å²) in [4.78, 5) is 24.9. The number of carbonyl (C=O) groups excluding carboxylic acids is 1. The highest BCUT2D eigenvalue weighted by atomic mass is 16.4. The van der Waals surface area contributed by atoms with Gasteiger partial charge in [-0.3, -0.25) is 4.79 Å². The molecule has 0 spiro atoms. The van der Waals surface area contributed by atoms with Crippen molar-refractivity contribution < 1.29 is 14.7 Å². The fraction of sp³-hybridized carbons (Fsp3) is 0.846. The molecule has 1 rings (SSSR count). The number of hydrogen-bond donors (Lipinski definition) is 1. The van der Waals surface area contributed by atoms with Crippen molar-refractivity contribution in [1.29, 1.82) is 0 Å². The fourth-order valence-corrected chi connectivity index (χ4v) is 2.75. The topological polar surface area (TPSA) is 57.6 Å². The SMILES string of the molecule is CCC(CC)C(C)C(=O)N1CCCC1C(=O)O. The first-order valence-corrected chi connectivity index (χ1v) is 6.56. The second-order valence-corrected chi connectivity index (χ2v) is 4.89. The molecule has 1 aliphatic heterocycles. The Kier molecular flexibility index (Phi) is 4.97. The summed E-state index contributed by atoms with van der Waals surface area (Å²) in [7, 11) is 0. The molecule has 0 saturated carbocycles. The van der Waals surface area contributed by atoms with E-state index in [2.05, 4.69) is 13.8 Å². The predicted octanol–water partition coefficient (Wildman–Crippen LogP) is 2.13. The van der Waals surface area contributed by atoms with Gasteiger partial charge < -0.3 is 10.0 Å². The smallest absolute Gasteiger partial charge is 0.326 e. The van der Waals surface area contributed by atoms with Gasteiger partial charge in [-0.25, -0.2) is 4.79 Å². The van der Waals surface area contributed by atoms with Crippen molar-refractivity contribution in [3.63, 3.8) is 0 Å². The molecule has 1 aliphatic rings. The van der Waals surface area contributed by atoms with Gasteiger partial charge in [-0.2, -0.15) is 0 Å². The molecule has 98 valence electrons. The molecule has 17 heavy (non-hydrogen) atoms. The van der Waals surface area contributed by atoms with E-state index in [4.69, 9.17) is 5.11 Å². The lowest BCUT2D eigenvalue weighted by Gasteiger charge is -2.28. The summed E-state index contributed by atoms with van der Waals surface area (Å²) in [6, 6.07) is -0.598. The van der Waals surface area contributed by atoms with Gasteiger partial charge in [0.2, 0.25) is 5.91 Å². The van der Waals surface area contributed by atoms with Gasteiger partial charge in [-0.1, -0.05) is 33.6 Å². The Balaban J connectivity index is 2.71. The van der Waals surface area contributed by atoms with E-state index in [0.717, 1.165) is 19.3 Å². The molecule has 4 heteroatoms. The highest BCUT2D eigenvalue weighted by Gasteiger charge is 2.37. The molecule has 0 aromatic rings. The molecule has 0 aliphatic carbocycles. The van der Waals surface area contributed by atoms with Crippen LogP contribution in [0.15, 0.2) is 0 Å². The minimum Gasteiger partial charge on any atom is -0.480 e. The highest BCUT2D eigenvalue weighted by Crippen LogP contribution is 2.26. The third kappa shape index (κ3) is 2.99. The van der Waals surface area contributed by atoms with E-state index in [1.54, 1.807) is 4.90 Å². The fourth-order valence-electron chi connectivity index (χ4n) is 2.75. The van der Waals surface area contributed by atoms with Gasteiger partial charge in [0.05, 0.1) is 0 Å². The molecule has 1 fully saturated rings. The molecule has 0 bridgehead atoms. The number of carboxylic acid groups (broad SMARTS) is 1. The molecule has 1 N–H and O–H groups in total. The van der Waals surface area contributed by atoms with Crippen LogP contribution in [0, 0.1) is 11.8 Å². The summed E-state index contributed by atoms with van der Waals surface area (Å²) in [5.41, 5.74) is 0. The number of rotatable bonds is 5. The van der Waals surface area contributed by atoms with E-state index >= 15 is 0 Å². The molecule has 0 aromatic heterocycles. The minimum absolute atomic E-state index is 0.0172. The van der Waals surface area contributed by atoms with Gasteiger partial charge in [0.1, 0.15) is 6.04 Å². The zero-order chi connectivity index (χ0) is 13.0. The third-order valence-electron chi connectivity index (χ3n) is 3.97. The maximum absolute atomic E-state index is 12.3. The van der Waals surface area contributed by atoms with Crippen LogP contribution in [0.4, 0.5) is 0 Å². The second-order valence-electron chi connectivity index (χ2n) is 4.89. The van der Waals surface area contributed by atoms with E-state index in [1.165, 1.54) is 0 Å². The first kappa shape index (κ1) is 14.0. The standard InChI is InChI=1S/C13H23NO3/c1-4-10(5-2)9(3)12(15)14-8-6-7-11(14)13(16)17/h9-11H,4-8H2,1-3H3,(H,16,17). The number of carbonyl (C=O) groups is 2. The summed E-state index contributed by atoms with van der Waals surface area (Å²) >= 11 is 0. The Morgan fingerprint density at radius 3 is 2.41 bits per heavy atom. The molecule has 4 nitrogen and oxygen atoms in total. The predicted molar refractivity (Wildman–Crippen MR) is 65.6 cm³/mol. The number of likely N-dealkylation sites (tertiary alicyclic amines) is 1. The van der Waals surface area contributed by atoms with E-state index < -0.39 is 12.0 Å². The minimum atomic E-state index is -0.868. The number of nitrogens with zero attached hydrogens (tertiary/aromatic N) is 1. The highest BCUT2D eigenvalue weighted by molar-refractivity contribution is 5.85. The summed E-state index contributed by atoms with van der Waals surface area (Å²) in [6.45, 7) is 6.69. The van der Waals surface area contributed by atoms with E-state index in [0.29, 0.717) is 18.9 Å². The lowest BCUT2D eigenvalue weighted by atomic mass is 9.88. The lowest BCUT2D eigenvalue weighted by molar-refractivity contribution is -0.150. The maximum atomic E-state index is 12.3. The van der Waals surface area contributed by atoms with Crippen LogP contribution in [0.5, 0.6) is 0 Å². The third-order valence-corrected chi connectivity index (χ3v) is 3.97. The van der Waals surface area contributed by atoms with Crippen molar-refractivity contribution in [3.8, 4) is 0 Å². The lowest BCUT2D eigenvalue weighted by Crippen LogP contribution is -2.44. The Hall–Kier alpha value is -1.06. The first-order chi connectivity index (χ1) is 8.02. The van der Waals surface area contributed by atoms with Crippen molar-refractivity contribution in [2.24, 2.45) is 11.8 Å². The van der Waals surface area contributed by atoms with Crippen molar-refractivity contribution >= 4 is 11.9 Å². The maximum Gasteiger partial charge on any atom is 0.326 e. The Morgan fingerprint density at radius 2 is 1.94 bits per heavy atom. The Bertz CT molecular complexity index is 286. The van der Waals surface area contributed by atoms with Crippen molar-refractivity contribution in [2.75, 3.05) is 6.54 Å². The average Bonchev–Trinajstić information content (AvgIpc) is 2.78. The summed E-state index contributed by atoms with van der Waals surface area (Å²) < 4.78 is 0. The van der Waals surface area contributed by atoms with Crippen molar-refractivity contribution in [1.82, 2.24) is 4.90 Å². The van der Waals surface area contributed by atoms with Gasteiger partial charge in [0, 0.05) is 12.5 Å². The molecule has 0 radical (unpaired) electrons. The van der Waals surface area contributed by atoms with Gasteiger partial charge in [-0.15, -0.1) is 0 Å². The number of hydrogen-bond acceptors (Lipinski definition) is 2. The van der Waals surface area contributed by atoms with Gasteiger partial charge in [-0.05, 0) is 18.8 Å². The van der Waals surface area contributed by atoms with Crippen molar-refractivity contribution in [3.05, 3.63) is 0 Å². The number of amides is 1. The molecule has 2 atom stereocenters. The van der Waals surface area contributed by atoms with Crippen LogP contribution in [-0.2, 0) is 9.59 Å². The molecule has 1 saturated heterocycles. The molecule has 2 unspecified atom stereocenters. The Labute approximate surface area is 103 Å². The summed E-state index contributed by atoms with van der Waals surface area (Å²) in [5.74, 6) is -0.557. The monoisotopic (exact) mass is 241 g/mol. The molecule has 1 heterocycles. The number of aliphatic carboxylic acids is 1. The average molecular weight is 241 g/mol. The quantitative estimate of drug-likeness (QED) is 0.802. The zero-order valence-electron chi connectivity index (χ0n) is 11.0. The summed E-state index contributed by atoms with van der Waals surface area (Å²) in [6.07, 6.45) is 3.33. The van der Waals surface area contributed by atoms with Crippen molar-refractivity contribution in [2.45, 2.75) is 52.5 Å². The zero-order valence-corrected chi connectivity index (χ0v) is 11.0. The largest absolute Gasteiger partial charge is 0.480 e. The summed E-state index contributed by atoms with van der Waals surface area (Å²) in [5, 5.41) is 9.07. The molecular formula is C13H23NO3. The van der Waals surface area contributed by atoms with Crippen LogP contribution in [0.1, 0.15) is 46.5 Å².